The average molecular weight is 276 g/mol. The minimum absolute atomic E-state index is 0.0436. The van der Waals surface area contributed by atoms with Gasteiger partial charge in [-0.2, -0.15) is 0 Å². The van der Waals surface area contributed by atoms with Gasteiger partial charge in [-0.05, 0) is 32.0 Å². The van der Waals surface area contributed by atoms with Gasteiger partial charge in [0.1, 0.15) is 5.54 Å². The fraction of sp³-hybridized carbons (Fsp3) is 0.429. The number of nitrogen functional groups attached to an aromatic ring is 1. The summed E-state index contributed by atoms with van der Waals surface area (Å²) in [6.07, 6.45) is 0. The molecule has 0 aromatic heterocycles. The van der Waals surface area contributed by atoms with Gasteiger partial charge in [0.25, 0.3) is 0 Å². The highest BCUT2D eigenvalue weighted by molar-refractivity contribution is 5.96. The van der Waals surface area contributed by atoms with Gasteiger partial charge in [-0.3, -0.25) is 9.59 Å². The third-order valence-corrected chi connectivity index (χ3v) is 3.81. The summed E-state index contributed by atoms with van der Waals surface area (Å²) in [5.74, 6) is -0.473. The van der Waals surface area contributed by atoms with E-state index in [1.54, 1.807) is 30.1 Å². The molecule has 108 valence electrons. The molecule has 1 aromatic carbocycles. The Labute approximate surface area is 118 Å². The van der Waals surface area contributed by atoms with Gasteiger partial charge in [-0.1, -0.05) is 0 Å². The Kier molecular flexibility index (Phi) is 3.33. The third kappa shape index (κ3) is 2.17. The van der Waals surface area contributed by atoms with E-state index in [0.717, 1.165) is 5.69 Å². The maximum atomic E-state index is 12.3. The van der Waals surface area contributed by atoms with E-state index in [1.807, 2.05) is 18.7 Å². The van der Waals surface area contributed by atoms with Crippen molar-refractivity contribution in [3.63, 3.8) is 0 Å². The molecule has 4 N–H and O–H groups in total. The maximum Gasteiger partial charge on any atom is 0.248 e. The highest BCUT2D eigenvalue weighted by Crippen LogP contribution is 2.33. The molecule has 6 heteroatoms. The van der Waals surface area contributed by atoms with E-state index in [1.165, 1.54) is 0 Å². The molecule has 20 heavy (non-hydrogen) atoms. The zero-order chi connectivity index (χ0) is 15.1. The smallest absolute Gasteiger partial charge is 0.248 e. The number of benzene rings is 1. The van der Waals surface area contributed by atoms with Crippen LogP contribution < -0.4 is 16.4 Å². The Morgan fingerprint density at radius 2 is 1.95 bits per heavy atom. The Morgan fingerprint density at radius 3 is 2.50 bits per heavy atom. The normalized spacial score (nSPS) is 18.2. The number of hydrogen-bond donors (Lipinski definition) is 2. The van der Waals surface area contributed by atoms with Gasteiger partial charge >= 0.3 is 0 Å². The molecule has 0 spiro atoms. The molecule has 1 aliphatic heterocycles. The molecule has 6 nitrogen and oxygen atoms in total. The number of nitrogens with two attached hydrogens (primary N) is 2. The summed E-state index contributed by atoms with van der Waals surface area (Å²) in [5, 5.41) is 0. The summed E-state index contributed by atoms with van der Waals surface area (Å²) in [7, 11) is 1.79. The molecule has 0 aliphatic carbocycles. The number of piperazine rings is 1. The molecule has 2 amide bonds. The van der Waals surface area contributed by atoms with Crippen molar-refractivity contribution in [2.45, 2.75) is 19.4 Å². The van der Waals surface area contributed by atoms with E-state index in [4.69, 9.17) is 11.5 Å². The first kappa shape index (κ1) is 14.2. The number of hydrogen-bond acceptors (Lipinski definition) is 4. The van der Waals surface area contributed by atoms with Crippen LogP contribution in [0.5, 0.6) is 0 Å². The number of likely N-dealkylation sites (N-methyl/N-ethyl adjacent to an activating group) is 1. The first-order valence-corrected chi connectivity index (χ1v) is 6.47. The van der Waals surface area contributed by atoms with Crippen LogP contribution in [0.4, 0.5) is 11.4 Å². The minimum atomic E-state index is -0.671. The number of primary amides is 1. The second-order valence-corrected chi connectivity index (χ2v) is 5.58. The largest absolute Gasteiger partial charge is 0.397 e. The van der Waals surface area contributed by atoms with Crippen molar-refractivity contribution in [2.24, 2.45) is 5.73 Å². The van der Waals surface area contributed by atoms with Crippen molar-refractivity contribution in [3.05, 3.63) is 23.8 Å². The molecular weight excluding hydrogens is 256 g/mol. The second-order valence-electron chi connectivity index (χ2n) is 5.58. The van der Waals surface area contributed by atoms with Crippen molar-refractivity contribution >= 4 is 23.2 Å². The Balaban J connectivity index is 2.41. The molecule has 2 rings (SSSR count). The average Bonchev–Trinajstić information content (AvgIpc) is 2.37. The monoisotopic (exact) mass is 276 g/mol. The lowest BCUT2D eigenvalue weighted by Crippen LogP contribution is -2.62. The summed E-state index contributed by atoms with van der Waals surface area (Å²) in [6, 6.07) is 4.93. The molecular formula is C14H20N4O2. The molecule has 0 unspecified atom stereocenters. The number of rotatable bonds is 2. The Hall–Kier alpha value is -2.24. The lowest BCUT2D eigenvalue weighted by atomic mass is 9.96. The van der Waals surface area contributed by atoms with Crippen molar-refractivity contribution in [1.29, 1.82) is 0 Å². The maximum absolute atomic E-state index is 12.3. The van der Waals surface area contributed by atoms with Crippen LogP contribution in [-0.4, -0.2) is 42.4 Å². The van der Waals surface area contributed by atoms with Crippen LogP contribution in [0.3, 0.4) is 0 Å². The SMILES string of the molecule is CN1CCN(c2ccc(C(N)=O)cc2N)C(C)(C)C1=O. The highest BCUT2D eigenvalue weighted by atomic mass is 16.2. The van der Waals surface area contributed by atoms with Crippen LogP contribution in [0.25, 0.3) is 0 Å². The zero-order valence-corrected chi connectivity index (χ0v) is 12.0. The van der Waals surface area contributed by atoms with Crippen molar-refractivity contribution < 1.29 is 9.59 Å². The quantitative estimate of drug-likeness (QED) is 0.766. The van der Waals surface area contributed by atoms with Gasteiger partial charge < -0.3 is 21.3 Å². The van der Waals surface area contributed by atoms with E-state index in [0.29, 0.717) is 24.3 Å². The highest BCUT2D eigenvalue weighted by Gasteiger charge is 2.41. The summed E-state index contributed by atoms with van der Waals surface area (Å²) in [6.45, 7) is 5.06. The van der Waals surface area contributed by atoms with Gasteiger partial charge in [0.15, 0.2) is 0 Å². The summed E-state index contributed by atoms with van der Waals surface area (Å²) in [5.41, 5.74) is 12.1. The van der Waals surface area contributed by atoms with Crippen LogP contribution in [-0.2, 0) is 4.79 Å². The van der Waals surface area contributed by atoms with E-state index < -0.39 is 11.4 Å². The number of carbonyl (C=O) groups is 2. The predicted octanol–water partition coefficient (Wildman–Crippen LogP) is 0.425. The molecule has 1 aromatic rings. The lowest BCUT2D eigenvalue weighted by Gasteiger charge is -2.46. The van der Waals surface area contributed by atoms with Crippen molar-refractivity contribution in [3.8, 4) is 0 Å². The molecule has 1 aliphatic rings. The topological polar surface area (TPSA) is 92.7 Å². The summed E-state index contributed by atoms with van der Waals surface area (Å²) in [4.78, 5) is 27.1. The van der Waals surface area contributed by atoms with Gasteiger partial charge in [0.2, 0.25) is 11.8 Å². The second kappa shape index (κ2) is 4.70. The molecule has 1 saturated heterocycles. The first-order valence-electron chi connectivity index (χ1n) is 6.47. The van der Waals surface area contributed by atoms with Gasteiger partial charge in [0, 0.05) is 25.7 Å². The van der Waals surface area contributed by atoms with E-state index in [-0.39, 0.29) is 5.91 Å². The fourth-order valence-electron chi connectivity index (χ4n) is 2.59. The standard InChI is InChI=1S/C14H20N4O2/c1-14(2)13(20)17(3)6-7-18(14)11-5-4-9(12(16)19)8-10(11)15/h4-5,8H,6-7,15H2,1-3H3,(H2,16,19). The minimum Gasteiger partial charge on any atom is -0.397 e. The Morgan fingerprint density at radius 1 is 1.30 bits per heavy atom. The number of nitrogens with zero attached hydrogens (tertiary/aromatic N) is 2. The van der Waals surface area contributed by atoms with E-state index >= 15 is 0 Å². The Bertz CT molecular complexity index is 568. The van der Waals surface area contributed by atoms with Crippen LogP contribution in [0, 0.1) is 0 Å². The van der Waals surface area contributed by atoms with E-state index in [2.05, 4.69) is 0 Å². The predicted molar refractivity (Wildman–Crippen MR) is 78.4 cm³/mol. The van der Waals surface area contributed by atoms with Crippen LogP contribution >= 0.6 is 0 Å². The molecule has 0 bridgehead atoms. The molecule has 0 atom stereocenters. The number of carbonyl (C=O) groups excluding carboxylic acids is 2. The third-order valence-electron chi connectivity index (χ3n) is 3.81. The van der Waals surface area contributed by atoms with Crippen molar-refractivity contribution in [1.82, 2.24) is 4.90 Å². The van der Waals surface area contributed by atoms with Crippen LogP contribution in [0.15, 0.2) is 18.2 Å². The van der Waals surface area contributed by atoms with Gasteiger partial charge in [-0.25, -0.2) is 0 Å². The first-order chi connectivity index (χ1) is 9.25. The van der Waals surface area contributed by atoms with Gasteiger partial charge in [-0.15, -0.1) is 0 Å². The zero-order valence-electron chi connectivity index (χ0n) is 12.0. The lowest BCUT2D eigenvalue weighted by molar-refractivity contribution is -0.136. The molecule has 0 saturated carbocycles. The van der Waals surface area contributed by atoms with Gasteiger partial charge in [0.05, 0.1) is 11.4 Å². The molecule has 1 heterocycles. The van der Waals surface area contributed by atoms with Crippen LogP contribution in [0.2, 0.25) is 0 Å². The van der Waals surface area contributed by atoms with Crippen LogP contribution in [0.1, 0.15) is 24.2 Å². The van der Waals surface area contributed by atoms with Crippen molar-refractivity contribution in [2.75, 3.05) is 30.8 Å². The van der Waals surface area contributed by atoms with E-state index in [9.17, 15) is 9.59 Å². The number of amides is 2. The summed E-state index contributed by atoms with van der Waals surface area (Å²) < 4.78 is 0. The summed E-state index contributed by atoms with van der Waals surface area (Å²) >= 11 is 0. The molecule has 1 fully saturated rings. The fourth-order valence-corrected chi connectivity index (χ4v) is 2.59. The molecule has 0 radical (unpaired) electrons. The number of anilines is 2.